The van der Waals surface area contributed by atoms with Gasteiger partial charge in [-0.25, -0.2) is 4.79 Å². The molecule has 1 atom stereocenters. The van der Waals surface area contributed by atoms with E-state index in [0.717, 1.165) is 6.42 Å². The van der Waals surface area contributed by atoms with Gasteiger partial charge in [0.15, 0.2) is 0 Å². The summed E-state index contributed by atoms with van der Waals surface area (Å²) in [7, 11) is 1.54. The van der Waals surface area contributed by atoms with Gasteiger partial charge in [-0.3, -0.25) is 9.59 Å². The fourth-order valence-corrected chi connectivity index (χ4v) is 1.69. The minimum absolute atomic E-state index is 0.112. The number of nitrogens with one attached hydrogen (secondary N) is 3. The van der Waals surface area contributed by atoms with Crippen molar-refractivity contribution in [2.24, 2.45) is 0 Å². The molecule has 4 N–H and O–H groups in total. The zero-order chi connectivity index (χ0) is 16.1. The largest absolute Gasteiger partial charge is 0.481 e. The maximum atomic E-state index is 11.6. The maximum absolute atomic E-state index is 11.6. The molecule has 1 unspecified atom stereocenters. The standard InChI is InChI=1S/C13H25N3O5/c1-3-4-10(9-12(18)19)16-13(20)15-6-5-11(17)14-7-8-21-2/h10H,3-9H2,1-2H3,(H,14,17)(H,18,19)(H2,15,16,20). The van der Waals surface area contributed by atoms with Crippen molar-refractivity contribution in [3.63, 3.8) is 0 Å². The van der Waals surface area contributed by atoms with Crippen molar-refractivity contribution < 1.29 is 24.2 Å². The Morgan fingerprint density at radius 2 is 1.90 bits per heavy atom. The van der Waals surface area contributed by atoms with Gasteiger partial charge >= 0.3 is 12.0 Å². The number of rotatable bonds is 11. The Hall–Kier alpha value is -1.83. The highest BCUT2D eigenvalue weighted by atomic mass is 16.5. The summed E-state index contributed by atoms with van der Waals surface area (Å²) in [5, 5.41) is 16.5. The lowest BCUT2D eigenvalue weighted by Crippen LogP contribution is -2.44. The van der Waals surface area contributed by atoms with Crippen LogP contribution in [-0.4, -0.2) is 55.9 Å². The van der Waals surface area contributed by atoms with E-state index in [9.17, 15) is 14.4 Å². The predicted molar refractivity (Wildman–Crippen MR) is 77.0 cm³/mol. The normalized spacial score (nSPS) is 11.5. The summed E-state index contributed by atoms with van der Waals surface area (Å²) < 4.78 is 4.79. The molecule has 122 valence electrons. The summed E-state index contributed by atoms with van der Waals surface area (Å²) >= 11 is 0. The molecule has 0 aliphatic heterocycles. The van der Waals surface area contributed by atoms with Crippen molar-refractivity contribution in [1.82, 2.24) is 16.0 Å². The number of methoxy groups -OCH3 is 1. The Bertz CT molecular complexity index is 336. The zero-order valence-electron chi connectivity index (χ0n) is 12.6. The van der Waals surface area contributed by atoms with Crippen LogP contribution in [0.2, 0.25) is 0 Å². The van der Waals surface area contributed by atoms with Gasteiger partial charge in [0.2, 0.25) is 5.91 Å². The Labute approximate surface area is 124 Å². The fraction of sp³-hybridized carbons (Fsp3) is 0.769. The van der Waals surface area contributed by atoms with Gasteiger partial charge in [-0.2, -0.15) is 0 Å². The molecule has 3 amide bonds. The van der Waals surface area contributed by atoms with Gasteiger partial charge in [0, 0.05) is 32.7 Å². The zero-order valence-corrected chi connectivity index (χ0v) is 12.6. The highest BCUT2D eigenvalue weighted by Gasteiger charge is 2.14. The molecule has 0 spiro atoms. The minimum Gasteiger partial charge on any atom is -0.481 e. The second kappa shape index (κ2) is 12.0. The molecular formula is C13H25N3O5. The molecule has 0 radical (unpaired) electrons. The monoisotopic (exact) mass is 303 g/mol. The van der Waals surface area contributed by atoms with E-state index in [0.29, 0.717) is 19.6 Å². The molecule has 0 aromatic heterocycles. The van der Waals surface area contributed by atoms with Crippen molar-refractivity contribution in [2.45, 2.75) is 38.6 Å². The van der Waals surface area contributed by atoms with Gasteiger partial charge in [0.05, 0.1) is 13.0 Å². The van der Waals surface area contributed by atoms with E-state index in [2.05, 4.69) is 16.0 Å². The van der Waals surface area contributed by atoms with E-state index in [1.165, 1.54) is 0 Å². The second-order valence-corrected chi connectivity index (χ2v) is 4.58. The average molecular weight is 303 g/mol. The van der Waals surface area contributed by atoms with Crippen molar-refractivity contribution in [3.05, 3.63) is 0 Å². The van der Waals surface area contributed by atoms with Crippen molar-refractivity contribution in [1.29, 1.82) is 0 Å². The second-order valence-electron chi connectivity index (χ2n) is 4.58. The Morgan fingerprint density at radius 3 is 2.48 bits per heavy atom. The van der Waals surface area contributed by atoms with Gasteiger partial charge in [0.25, 0.3) is 0 Å². The maximum Gasteiger partial charge on any atom is 0.315 e. The van der Waals surface area contributed by atoms with Crippen LogP contribution in [0.4, 0.5) is 4.79 Å². The van der Waals surface area contributed by atoms with Gasteiger partial charge in [-0.1, -0.05) is 13.3 Å². The summed E-state index contributed by atoms with van der Waals surface area (Å²) in [5.74, 6) is -1.13. The Kier molecular flexibility index (Phi) is 10.9. The van der Waals surface area contributed by atoms with Crippen molar-refractivity contribution >= 4 is 17.9 Å². The van der Waals surface area contributed by atoms with E-state index in [1.54, 1.807) is 7.11 Å². The third-order valence-electron chi connectivity index (χ3n) is 2.66. The molecule has 0 aliphatic rings. The number of urea groups is 1. The van der Waals surface area contributed by atoms with E-state index < -0.39 is 18.0 Å². The third kappa shape index (κ3) is 11.7. The molecule has 21 heavy (non-hydrogen) atoms. The van der Waals surface area contributed by atoms with Crippen LogP contribution in [0.1, 0.15) is 32.6 Å². The lowest BCUT2D eigenvalue weighted by molar-refractivity contribution is -0.137. The number of aliphatic carboxylic acids is 1. The van der Waals surface area contributed by atoms with Crippen LogP contribution in [0.15, 0.2) is 0 Å². The first kappa shape index (κ1) is 19.2. The summed E-state index contributed by atoms with van der Waals surface area (Å²) in [6, 6.07) is -0.859. The molecule has 0 fully saturated rings. The van der Waals surface area contributed by atoms with Crippen LogP contribution >= 0.6 is 0 Å². The lowest BCUT2D eigenvalue weighted by Gasteiger charge is -2.16. The van der Waals surface area contributed by atoms with Gasteiger partial charge in [-0.15, -0.1) is 0 Å². The summed E-state index contributed by atoms with van der Waals surface area (Å²) in [4.78, 5) is 33.6. The van der Waals surface area contributed by atoms with Crippen LogP contribution in [-0.2, 0) is 14.3 Å². The Morgan fingerprint density at radius 1 is 1.19 bits per heavy atom. The van der Waals surface area contributed by atoms with E-state index in [4.69, 9.17) is 9.84 Å². The van der Waals surface area contributed by atoms with Crippen LogP contribution in [0.3, 0.4) is 0 Å². The smallest absolute Gasteiger partial charge is 0.315 e. The van der Waals surface area contributed by atoms with Gasteiger partial charge in [-0.05, 0) is 6.42 Å². The molecular weight excluding hydrogens is 278 g/mol. The third-order valence-corrected chi connectivity index (χ3v) is 2.66. The number of carbonyl (C=O) groups is 3. The summed E-state index contributed by atoms with van der Waals surface area (Å²) in [6.07, 6.45) is 1.42. The molecule has 0 rings (SSSR count). The predicted octanol–water partition coefficient (Wildman–Crippen LogP) is 0.0817. The van der Waals surface area contributed by atoms with Crippen LogP contribution in [0, 0.1) is 0 Å². The van der Waals surface area contributed by atoms with Gasteiger partial charge < -0.3 is 25.8 Å². The summed E-state index contributed by atoms with van der Waals surface area (Å²) in [6.45, 7) is 2.97. The highest BCUT2D eigenvalue weighted by Crippen LogP contribution is 2.01. The quantitative estimate of drug-likeness (QED) is 0.403. The number of ether oxygens (including phenoxy) is 1. The number of hydrogen-bond acceptors (Lipinski definition) is 4. The minimum atomic E-state index is -0.953. The lowest BCUT2D eigenvalue weighted by atomic mass is 10.1. The SMILES string of the molecule is CCCC(CC(=O)O)NC(=O)NCCC(=O)NCCOC. The van der Waals surface area contributed by atoms with Crippen LogP contribution < -0.4 is 16.0 Å². The topological polar surface area (TPSA) is 117 Å². The van der Waals surface area contributed by atoms with Crippen LogP contribution in [0.25, 0.3) is 0 Å². The summed E-state index contributed by atoms with van der Waals surface area (Å²) in [5.41, 5.74) is 0. The molecule has 0 bridgehead atoms. The van der Waals surface area contributed by atoms with E-state index in [-0.39, 0.29) is 25.3 Å². The van der Waals surface area contributed by atoms with E-state index in [1.807, 2.05) is 6.92 Å². The molecule has 8 nitrogen and oxygen atoms in total. The number of hydrogen-bond donors (Lipinski definition) is 4. The molecule has 0 aromatic rings. The first-order valence-corrected chi connectivity index (χ1v) is 7.01. The average Bonchev–Trinajstić information content (AvgIpc) is 2.38. The number of carbonyl (C=O) groups excluding carboxylic acids is 2. The molecule has 0 aromatic carbocycles. The number of carboxylic acids is 1. The van der Waals surface area contributed by atoms with E-state index >= 15 is 0 Å². The number of carboxylic acid groups (broad SMARTS) is 1. The fourth-order valence-electron chi connectivity index (χ4n) is 1.69. The molecule has 0 saturated heterocycles. The van der Waals surface area contributed by atoms with Crippen LogP contribution in [0.5, 0.6) is 0 Å². The molecule has 0 saturated carbocycles. The number of amides is 3. The first-order chi connectivity index (χ1) is 9.99. The highest BCUT2D eigenvalue weighted by molar-refractivity contribution is 5.78. The van der Waals surface area contributed by atoms with Gasteiger partial charge in [0.1, 0.15) is 0 Å². The first-order valence-electron chi connectivity index (χ1n) is 7.01. The molecule has 8 heteroatoms. The van der Waals surface area contributed by atoms with Crippen molar-refractivity contribution in [2.75, 3.05) is 26.8 Å². The molecule has 0 aliphatic carbocycles. The molecule has 0 heterocycles. The van der Waals surface area contributed by atoms with Crippen molar-refractivity contribution in [3.8, 4) is 0 Å². The Balaban J connectivity index is 3.86.